The second kappa shape index (κ2) is 6.51. The molecule has 0 bridgehead atoms. The third-order valence-corrected chi connectivity index (χ3v) is 3.53. The number of carboxylic acids is 1. The van der Waals surface area contributed by atoms with Crippen LogP contribution in [0.4, 0.5) is 19.3 Å². The van der Waals surface area contributed by atoms with E-state index in [-0.39, 0.29) is 17.6 Å². The minimum atomic E-state index is -0.812. The van der Waals surface area contributed by atoms with Crippen LogP contribution in [0.25, 0.3) is 0 Å². The third kappa shape index (κ3) is 4.40. The largest absolute Gasteiger partial charge is 0.481 e. The first-order valence-corrected chi connectivity index (χ1v) is 6.70. The quantitative estimate of drug-likeness (QED) is 0.803. The molecule has 0 atom stereocenters. The van der Waals surface area contributed by atoms with E-state index in [0.717, 1.165) is 18.2 Å². The van der Waals surface area contributed by atoms with Crippen LogP contribution in [0.1, 0.15) is 25.7 Å². The number of carbonyl (C=O) groups excluding carboxylic acids is 1. The fourth-order valence-electron chi connectivity index (χ4n) is 2.46. The maximum absolute atomic E-state index is 13.0. The average Bonchev–Trinajstić information content (AvgIpc) is 2.37. The predicted molar refractivity (Wildman–Crippen MR) is 71.9 cm³/mol. The Kier molecular flexibility index (Phi) is 4.72. The second-order valence-corrected chi connectivity index (χ2v) is 5.14. The molecule has 2 amide bonds. The molecule has 0 aromatic heterocycles. The van der Waals surface area contributed by atoms with Crippen molar-refractivity contribution in [1.82, 2.24) is 5.32 Å². The highest BCUT2D eigenvalue weighted by Gasteiger charge is 2.26. The van der Waals surface area contributed by atoms with Crippen molar-refractivity contribution in [3.63, 3.8) is 0 Å². The maximum atomic E-state index is 13.0. The van der Waals surface area contributed by atoms with Crippen LogP contribution in [0.5, 0.6) is 0 Å². The van der Waals surface area contributed by atoms with Crippen molar-refractivity contribution < 1.29 is 23.5 Å². The molecule has 21 heavy (non-hydrogen) atoms. The maximum Gasteiger partial charge on any atom is 0.319 e. The van der Waals surface area contributed by atoms with Crippen LogP contribution in [0.2, 0.25) is 0 Å². The highest BCUT2D eigenvalue weighted by Crippen LogP contribution is 2.24. The summed E-state index contributed by atoms with van der Waals surface area (Å²) in [5.74, 6) is -2.71. The number of carboxylic acid groups (broad SMARTS) is 1. The number of hydrogen-bond acceptors (Lipinski definition) is 2. The summed E-state index contributed by atoms with van der Waals surface area (Å²) in [6, 6.07) is 2.07. The van der Waals surface area contributed by atoms with Crippen molar-refractivity contribution in [1.29, 1.82) is 0 Å². The van der Waals surface area contributed by atoms with E-state index in [4.69, 9.17) is 5.11 Å². The lowest BCUT2D eigenvalue weighted by molar-refractivity contribution is -0.142. The van der Waals surface area contributed by atoms with Crippen LogP contribution in [-0.2, 0) is 4.79 Å². The highest BCUT2D eigenvalue weighted by molar-refractivity contribution is 5.89. The minimum absolute atomic E-state index is 0.0317. The molecule has 1 saturated carbocycles. The Bertz CT molecular complexity index is 523. The Labute approximate surface area is 120 Å². The van der Waals surface area contributed by atoms with E-state index in [1.807, 2.05) is 0 Å². The van der Waals surface area contributed by atoms with E-state index in [1.165, 1.54) is 0 Å². The van der Waals surface area contributed by atoms with Gasteiger partial charge in [-0.15, -0.1) is 0 Å². The Morgan fingerprint density at radius 3 is 2.14 bits per heavy atom. The number of aliphatic carboxylic acids is 1. The van der Waals surface area contributed by atoms with Gasteiger partial charge >= 0.3 is 12.0 Å². The summed E-state index contributed by atoms with van der Waals surface area (Å²) in [5, 5.41) is 13.9. The Morgan fingerprint density at radius 2 is 1.62 bits per heavy atom. The summed E-state index contributed by atoms with van der Waals surface area (Å²) in [4.78, 5) is 22.6. The van der Waals surface area contributed by atoms with Crippen molar-refractivity contribution in [2.24, 2.45) is 5.92 Å². The molecule has 0 saturated heterocycles. The molecule has 5 nitrogen and oxygen atoms in total. The van der Waals surface area contributed by atoms with Crippen molar-refractivity contribution in [2.45, 2.75) is 31.7 Å². The lowest BCUT2D eigenvalue weighted by Gasteiger charge is -2.26. The summed E-state index contributed by atoms with van der Waals surface area (Å²) < 4.78 is 26.0. The smallest absolute Gasteiger partial charge is 0.319 e. The van der Waals surface area contributed by atoms with Gasteiger partial charge in [-0.25, -0.2) is 13.6 Å². The molecule has 1 aliphatic rings. The van der Waals surface area contributed by atoms with E-state index < -0.39 is 23.6 Å². The Balaban J connectivity index is 1.84. The summed E-state index contributed by atoms with van der Waals surface area (Å²) in [6.45, 7) is 0. The monoisotopic (exact) mass is 298 g/mol. The second-order valence-electron chi connectivity index (χ2n) is 5.14. The molecule has 0 unspecified atom stereocenters. The lowest BCUT2D eigenvalue weighted by atomic mass is 9.86. The summed E-state index contributed by atoms with van der Waals surface area (Å²) in [6.07, 6.45) is 2.16. The van der Waals surface area contributed by atoms with Gasteiger partial charge in [0.2, 0.25) is 0 Å². The van der Waals surface area contributed by atoms with Crippen LogP contribution in [-0.4, -0.2) is 23.1 Å². The molecule has 1 aliphatic carbocycles. The first kappa shape index (κ1) is 15.2. The molecule has 0 spiro atoms. The minimum Gasteiger partial charge on any atom is -0.481 e. The Morgan fingerprint density at radius 1 is 1.05 bits per heavy atom. The van der Waals surface area contributed by atoms with Gasteiger partial charge in [0.05, 0.1) is 5.92 Å². The first-order chi connectivity index (χ1) is 9.94. The van der Waals surface area contributed by atoms with E-state index >= 15 is 0 Å². The van der Waals surface area contributed by atoms with Gasteiger partial charge in [0.15, 0.2) is 0 Å². The van der Waals surface area contributed by atoms with E-state index in [2.05, 4.69) is 10.6 Å². The number of carbonyl (C=O) groups is 2. The molecule has 0 radical (unpaired) electrons. The van der Waals surface area contributed by atoms with Crippen LogP contribution in [0.15, 0.2) is 18.2 Å². The fraction of sp³-hybridized carbons (Fsp3) is 0.429. The number of halogens is 2. The van der Waals surface area contributed by atoms with E-state index in [0.29, 0.717) is 25.7 Å². The van der Waals surface area contributed by atoms with Crippen LogP contribution in [0.3, 0.4) is 0 Å². The number of amides is 2. The molecule has 1 aromatic carbocycles. The summed E-state index contributed by atoms with van der Waals surface area (Å²) in [7, 11) is 0. The van der Waals surface area contributed by atoms with Crippen LogP contribution in [0, 0.1) is 17.6 Å². The van der Waals surface area contributed by atoms with Crippen molar-refractivity contribution in [2.75, 3.05) is 5.32 Å². The van der Waals surface area contributed by atoms with Crippen LogP contribution < -0.4 is 10.6 Å². The predicted octanol–water partition coefficient (Wildman–Crippen LogP) is 2.73. The lowest BCUT2D eigenvalue weighted by Crippen LogP contribution is -2.41. The molecule has 2 rings (SSSR count). The van der Waals surface area contributed by atoms with Gasteiger partial charge in [-0.3, -0.25) is 4.79 Å². The third-order valence-electron chi connectivity index (χ3n) is 3.53. The van der Waals surface area contributed by atoms with Gasteiger partial charge in [-0.05, 0) is 37.8 Å². The van der Waals surface area contributed by atoms with E-state index in [1.54, 1.807) is 0 Å². The SMILES string of the molecule is O=C(Nc1cc(F)cc(F)c1)NC1CCC(C(=O)O)CC1. The normalized spacial score (nSPS) is 21.6. The van der Waals surface area contributed by atoms with Gasteiger partial charge in [-0.2, -0.15) is 0 Å². The highest BCUT2D eigenvalue weighted by atomic mass is 19.1. The van der Waals surface area contributed by atoms with Crippen molar-refractivity contribution in [3.05, 3.63) is 29.8 Å². The van der Waals surface area contributed by atoms with Crippen molar-refractivity contribution >= 4 is 17.7 Å². The number of anilines is 1. The molecule has 0 aliphatic heterocycles. The molecule has 114 valence electrons. The zero-order valence-corrected chi connectivity index (χ0v) is 11.2. The summed E-state index contributed by atoms with van der Waals surface area (Å²) in [5.41, 5.74) is 0.0317. The van der Waals surface area contributed by atoms with E-state index in [9.17, 15) is 18.4 Å². The number of hydrogen-bond donors (Lipinski definition) is 3. The topological polar surface area (TPSA) is 78.4 Å². The molecular formula is C14H16F2N2O3. The van der Waals surface area contributed by atoms with Gasteiger partial charge in [0, 0.05) is 17.8 Å². The average molecular weight is 298 g/mol. The molecule has 0 heterocycles. The first-order valence-electron chi connectivity index (χ1n) is 6.70. The van der Waals surface area contributed by atoms with Crippen molar-refractivity contribution in [3.8, 4) is 0 Å². The van der Waals surface area contributed by atoms with Crippen LogP contribution >= 0.6 is 0 Å². The van der Waals surface area contributed by atoms with Gasteiger partial charge < -0.3 is 15.7 Å². The molecular weight excluding hydrogens is 282 g/mol. The Hall–Kier alpha value is -2.18. The summed E-state index contributed by atoms with van der Waals surface area (Å²) >= 11 is 0. The van der Waals surface area contributed by atoms with Gasteiger partial charge in [0.1, 0.15) is 11.6 Å². The number of urea groups is 1. The number of rotatable bonds is 3. The standard InChI is InChI=1S/C14H16F2N2O3/c15-9-5-10(16)7-12(6-9)18-14(21)17-11-3-1-8(2-4-11)13(19)20/h5-8,11H,1-4H2,(H,19,20)(H2,17,18,21). The zero-order valence-electron chi connectivity index (χ0n) is 11.2. The fourth-order valence-corrected chi connectivity index (χ4v) is 2.46. The molecule has 1 aromatic rings. The molecule has 7 heteroatoms. The zero-order chi connectivity index (χ0) is 15.4. The van der Waals surface area contributed by atoms with Gasteiger partial charge in [0.25, 0.3) is 0 Å². The van der Waals surface area contributed by atoms with Gasteiger partial charge in [-0.1, -0.05) is 0 Å². The molecule has 1 fully saturated rings. The number of benzene rings is 1. The molecule has 3 N–H and O–H groups in total. The number of nitrogens with one attached hydrogen (secondary N) is 2.